The largest absolute Gasteiger partial charge is 0.353 e. The third kappa shape index (κ3) is 6.64. The van der Waals surface area contributed by atoms with Gasteiger partial charge in [0, 0.05) is 16.9 Å². The van der Waals surface area contributed by atoms with Gasteiger partial charge in [0.1, 0.15) is 6.10 Å². The van der Waals surface area contributed by atoms with Crippen LogP contribution in [0, 0.1) is 0 Å². The molecule has 0 aromatic carbocycles. The van der Waals surface area contributed by atoms with E-state index in [4.69, 9.17) is 28.9 Å². The molecule has 0 aromatic rings. The van der Waals surface area contributed by atoms with E-state index in [-0.39, 0.29) is 6.54 Å². The molecule has 0 N–H and O–H groups in total. The van der Waals surface area contributed by atoms with E-state index in [0.29, 0.717) is 0 Å². The predicted molar refractivity (Wildman–Crippen MR) is 82.1 cm³/mol. The van der Waals surface area contributed by atoms with E-state index in [1.165, 1.54) is 0 Å². The average Bonchev–Trinajstić information content (AvgIpc) is 2.47. The summed E-state index contributed by atoms with van der Waals surface area (Å²) in [6, 6.07) is -1.37. The van der Waals surface area contributed by atoms with Gasteiger partial charge in [-0.2, -0.15) is 16.8 Å². The molecule has 1 saturated heterocycles. The standard InChI is InChI=1S/C9H16N6O8S2/c1-20-9-8(23-25(3,18)19)7(22-24(2,16)17)6(13-15-11)5(21-9)4-12-14-10/h5-9H,4H2,1-3H3/t5-,6+,7+,8-,9+/m0/s1. The average molecular weight is 400 g/mol. The van der Waals surface area contributed by atoms with E-state index in [1.54, 1.807) is 0 Å². The Kier molecular flexibility index (Phi) is 7.40. The van der Waals surface area contributed by atoms with Crippen molar-refractivity contribution >= 4 is 20.2 Å². The summed E-state index contributed by atoms with van der Waals surface area (Å²) in [5.74, 6) is 0. The van der Waals surface area contributed by atoms with Gasteiger partial charge < -0.3 is 9.47 Å². The Morgan fingerprint density at radius 2 is 1.60 bits per heavy atom. The van der Waals surface area contributed by atoms with Crippen LogP contribution in [0.3, 0.4) is 0 Å². The van der Waals surface area contributed by atoms with Gasteiger partial charge in [0.2, 0.25) is 0 Å². The van der Waals surface area contributed by atoms with Crippen LogP contribution in [-0.2, 0) is 38.1 Å². The third-order valence-electron chi connectivity index (χ3n) is 2.93. The lowest BCUT2D eigenvalue weighted by Crippen LogP contribution is -2.60. The Hall–Kier alpha value is -1.64. The number of methoxy groups -OCH3 is 1. The van der Waals surface area contributed by atoms with Gasteiger partial charge in [0.05, 0.1) is 31.2 Å². The van der Waals surface area contributed by atoms with Crippen LogP contribution in [0.15, 0.2) is 10.2 Å². The fourth-order valence-electron chi connectivity index (χ4n) is 2.16. The smallest absolute Gasteiger partial charge is 0.264 e. The molecular formula is C9H16N6O8S2. The van der Waals surface area contributed by atoms with E-state index in [2.05, 4.69) is 20.1 Å². The minimum atomic E-state index is -4.11. The molecule has 0 radical (unpaired) electrons. The van der Waals surface area contributed by atoms with Gasteiger partial charge in [-0.25, -0.2) is 0 Å². The number of nitrogens with zero attached hydrogens (tertiary/aromatic N) is 6. The highest BCUT2D eigenvalue weighted by molar-refractivity contribution is 7.86. The molecule has 16 heteroatoms. The summed E-state index contributed by atoms with van der Waals surface area (Å²) >= 11 is 0. The minimum absolute atomic E-state index is 0.352. The van der Waals surface area contributed by atoms with Crippen LogP contribution >= 0.6 is 0 Å². The number of ether oxygens (including phenoxy) is 2. The van der Waals surface area contributed by atoms with Crippen LogP contribution < -0.4 is 0 Å². The molecular weight excluding hydrogens is 384 g/mol. The summed E-state index contributed by atoms with van der Waals surface area (Å²) in [6.45, 7) is -0.352. The third-order valence-corrected chi connectivity index (χ3v) is 4.08. The summed E-state index contributed by atoms with van der Waals surface area (Å²) in [5.41, 5.74) is 17.2. The van der Waals surface area contributed by atoms with Crippen molar-refractivity contribution < 1.29 is 34.7 Å². The molecule has 1 heterocycles. The van der Waals surface area contributed by atoms with Gasteiger partial charge in [0.15, 0.2) is 12.4 Å². The number of hydrogen-bond donors (Lipinski definition) is 0. The summed E-state index contributed by atoms with van der Waals surface area (Å²) in [5, 5.41) is 6.66. The molecule has 14 nitrogen and oxygen atoms in total. The van der Waals surface area contributed by atoms with Crippen LogP contribution in [-0.4, -0.2) is 73.6 Å². The van der Waals surface area contributed by atoms with Crippen LogP contribution in [0.2, 0.25) is 0 Å². The minimum Gasteiger partial charge on any atom is -0.353 e. The molecule has 142 valence electrons. The normalized spacial score (nSPS) is 30.1. The topological polar surface area (TPSA) is 203 Å². The second-order valence-electron chi connectivity index (χ2n) is 4.92. The Bertz CT molecular complexity index is 772. The maximum Gasteiger partial charge on any atom is 0.264 e. The summed E-state index contributed by atoms with van der Waals surface area (Å²) in [4.78, 5) is 5.11. The molecule has 0 unspecified atom stereocenters. The predicted octanol–water partition coefficient (Wildman–Crippen LogP) is 0.0365. The molecule has 1 aliphatic rings. The summed E-state index contributed by atoms with van der Waals surface area (Å²) < 4.78 is 66.1. The lowest BCUT2D eigenvalue weighted by Gasteiger charge is -2.42. The highest BCUT2D eigenvalue weighted by Gasteiger charge is 2.50. The Labute approximate surface area is 143 Å². The Morgan fingerprint density at radius 3 is 2.04 bits per heavy atom. The van der Waals surface area contributed by atoms with Gasteiger partial charge in [-0.15, -0.1) is 0 Å². The number of rotatable bonds is 8. The van der Waals surface area contributed by atoms with Gasteiger partial charge in [-0.1, -0.05) is 10.2 Å². The van der Waals surface area contributed by atoms with Gasteiger partial charge in [-0.3, -0.25) is 8.37 Å². The zero-order valence-corrected chi connectivity index (χ0v) is 15.0. The first-order valence-corrected chi connectivity index (χ1v) is 10.2. The monoisotopic (exact) mass is 400 g/mol. The molecule has 0 spiro atoms. The van der Waals surface area contributed by atoms with Crippen LogP contribution in [0.25, 0.3) is 20.9 Å². The molecule has 25 heavy (non-hydrogen) atoms. The molecule has 0 aromatic heterocycles. The molecule has 0 aliphatic carbocycles. The van der Waals surface area contributed by atoms with Crippen molar-refractivity contribution in [2.45, 2.75) is 30.6 Å². The van der Waals surface area contributed by atoms with E-state index < -0.39 is 50.9 Å². The van der Waals surface area contributed by atoms with Gasteiger partial charge in [-0.05, 0) is 11.1 Å². The molecule has 0 bridgehead atoms. The van der Waals surface area contributed by atoms with E-state index in [9.17, 15) is 16.8 Å². The molecule has 0 saturated carbocycles. The Morgan fingerprint density at radius 1 is 1.04 bits per heavy atom. The SMILES string of the molecule is CO[C@@H]1O[C@@H](CN=[N+]=[N-])[C@@H](N=[N+]=[N-])[C@@H](OS(C)(=O)=O)[C@@H]1OS(C)(=O)=O. The molecule has 1 fully saturated rings. The van der Waals surface area contributed by atoms with Crippen molar-refractivity contribution in [1.82, 2.24) is 0 Å². The van der Waals surface area contributed by atoms with Crippen molar-refractivity contribution in [2.24, 2.45) is 10.2 Å². The highest BCUT2D eigenvalue weighted by atomic mass is 32.2. The first kappa shape index (κ1) is 21.4. The summed E-state index contributed by atoms with van der Waals surface area (Å²) in [7, 11) is -7.04. The van der Waals surface area contributed by atoms with Crippen LogP contribution in [0.5, 0.6) is 0 Å². The van der Waals surface area contributed by atoms with Crippen LogP contribution in [0.1, 0.15) is 0 Å². The first-order chi connectivity index (χ1) is 11.5. The van der Waals surface area contributed by atoms with Crippen molar-refractivity contribution in [3.05, 3.63) is 20.9 Å². The maximum absolute atomic E-state index is 11.6. The van der Waals surface area contributed by atoms with Crippen molar-refractivity contribution in [2.75, 3.05) is 26.2 Å². The number of azide groups is 2. The van der Waals surface area contributed by atoms with E-state index in [0.717, 1.165) is 19.6 Å². The second kappa shape index (κ2) is 8.64. The zero-order valence-electron chi connectivity index (χ0n) is 13.4. The molecule has 0 amide bonds. The lowest BCUT2D eigenvalue weighted by atomic mass is 9.97. The van der Waals surface area contributed by atoms with Crippen molar-refractivity contribution in [1.29, 1.82) is 0 Å². The molecule has 1 rings (SSSR count). The van der Waals surface area contributed by atoms with Crippen molar-refractivity contribution in [3.63, 3.8) is 0 Å². The lowest BCUT2D eigenvalue weighted by molar-refractivity contribution is -0.249. The van der Waals surface area contributed by atoms with Crippen LogP contribution in [0.4, 0.5) is 0 Å². The van der Waals surface area contributed by atoms with Gasteiger partial charge in [0.25, 0.3) is 20.2 Å². The maximum atomic E-state index is 11.6. The fraction of sp³-hybridized carbons (Fsp3) is 1.00. The summed E-state index contributed by atoms with van der Waals surface area (Å²) in [6.07, 6.45) is -4.28. The molecule has 1 aliphatic heterocycles. The van der Waals surface area contributed by atoms with E-state index in [1.807, 2.05) is 0 Å². The quantitative estimate of drug-likeness (QED) is 0.235. The van der Waals surface area contributed by atoms with Crippen molar-refractivity contribution in [3.8, 4) is 0 Å². The first-order valence-electron chi connectivity index (χ1n) is 6.52. The second-order valence-corrected chi connectivity index (χ2v) is 8.12. The molecule has 5 atom stereocenters. The number of hydrogen-bond acceptors (Lipinski definition) is 10. The Balaban J connectivity index is 3.40. The zero-order chi connectivity index (χ0) is 19.3. The van der Waals surface area contributed by atoms with Gasteiger partial charge >= 0.3 is 0 Å². The fourth-order valence-corrected chi connectivity index (χ4v) is 3.39. The van der Waals surface area contributed by atoms with E-state index >= 15 is 0 Å². The highest BCUT2D eigenvalue weighted by Crippen LogP contribution is 2.30.